The van der Waals surface area contributed by atoms with Crippen molar-refractivity contribution < 1.29 is 33.0 Å². The quantitative estimate of drug-likeness (QED) is 0.536. The summed E-state index contributed by atoms with van der Waals surface area (Å²) in [4.78, 5) is 32.4. The average Bonchev–Trinajstić information content (AvgIpc) is 3.17. The van der Waals surface area contributed by atoms with Crippen molar-refractivity contribution in [2.75, 3.05) is 10.2 Å². The van der Waals surface area contributed by atoms with Crippen molar-refractivity contribution in [2.24, 2.45) is 0 Å². The van der Waals surface area contributed by atoms with Crippen LogP contribution in [0.2, 0.25) is 0 Å². The zero-order chi connectivity index (χ0) is 23.8. The lowest BCUT2D eigenvalue weighted by molar-refractivity contribution is -0.137. The highest BCUT2D eigenvalue weighted by atomic mass is 19.4. The van der Waals surface area contributed by atoms with E-state index in [-0.39, 0.29) is 28.0 Å². The number of imide groups is 1. The summed E-state index contributed by atoms with van der Waals surface area (Å²) in [5.41, 5.74) is -1.39. The predicted molar refractivity (Wildman–Crippen MR) is 109 cm³/mol. The van der Waals surface area contributed by atoms with E-state index in [1.54, 1.807) is 0 Å². The Balaban J connectivity index is 1.78. The topological polar surface area (TPSA) is 133 Å². The molecule has 2 atom stereocenters. The maximum absolute atomic E-state index is 13.5. The molecule has 3 aromatic rings. The molecule has 13 heteroatoms. The second-order valence-electron chi connectivity index (χ2n) is 7.64. The zero-order valence-corrected chi connectivity index (χ0v) is 17.0. The zero-order valence-electron chi connectivity index (χ0n) is 17.0. The maximum Gasteiger partial charge on any atom is 0.421 e. The van der Waals surface area contributed by atoms with Gasteiger partial charge < -0.3 is 15.5 Å². The maximum atomic E-state index is 13.5. The molecule has 3 aromatic heterocycles. The number of hydrogen-bond donors (Lipinski definition) is 3. The Kier molecular flexibility index (Phi) is 5.89. The summed E-state index contributed by atoms with van der Waals surface area (Å²) in [5, 5.41) is 26.4. The average molecular weight is 464 g/mol. The van der Waals surface area contributed by atoms with Gasteiger partial charge >= 0.3 is 12.3 Å². The summed E-state index contributed by atoms with van der Waals surface area (Å²) >= 11 is 0. The first kappa shape index (κ1) is 22.5. The van der Waals surface area contributed by atoms with Gasteiger partial charge in [0.25, 0.3) is 11.9 Å². The first-order valence-electron chi connectivity index (χ1n) is 10.0. The molecule has 33 heavy (non-hydrogen) atoms. The van der Waals surface area contributed by atoms with Crippen molar-refractivity contribution in [3.05, 3.63) is 47.8 Å². The van der Waals surface area contributed by atoms with Gasteiger partial charge in [-0.1, -0.05) is 0 Å². The van der Waals surface area contributed by atoms with E-state index in [1.165, 1.54) is 18.3 Å². The second kappa shape index (κ2) is 8.65. The number of fused-ring (bicyclic) bond motifs is 1. The largest absolute Gasteiger partial charge is 0.464 e. The summed E-state index contributed by atoms with van der Waals surface area (Å²) in [6, 6.07) is 4.00. The molecular formula is C20H19F3N6O4. The fourth-order valence-corrected chi connectivity index (χ4v) is 3.72. The number of amides is 2. The van der Waals surface area contributed by atoms with Gasteiger partial charge in [0.15, 0.2) is 5.65 Å². The Hall–Kier alpha value is -3.74. The standard InChI is InChI=1S/C20H19F3N6O4/c21-20(22,23)12-7-15(25-13-4-1-5-14(30)9-13)29-16(8-12)26-18(27-29)28(19(32)33)17(31)11-3-2-6-24-10-11/h2-3,6-8,10,13-14,25,30H,1,4-5,9H2,(H,32,33). The number of pyridine rings is 2. The molecule has 3 N–H and O–H groups in total. The van der Waals surface area contributed by atoms with E-state index < -0.39 is 35.8 Å². The molecule has 1 aliphatic carbocycles. The number of anilines is 2. The van der Waals surface area contributed by atoms with Crippen molar-refractivity contribution in [1.29, 1.82) is 0 Å². The lowest BCUT2D eigenvalue weighted by Gasteiger charge is -2.27. The van der Waals surface area contributed by atoms with Crippen LogP contribution >= 0.6 is 0 Å². The van der Waals surface area contributed by atoms with E-state index in [0.717, 1.165) is 16.8 Å². The van der Waals surface area contributed by atoms with E-state index in [2.05, 4.69) is 20.4 Å². The smallest absolute Gasteiger partial charge is 0.421 e. The third-order valence-electron chi connectivity index (χ3n) is 5.25. The molecule has 2 unspecified atom stereocenters. The van der Waals surface area contributed by atoms with E-state index in [0.29, 0.717) is 31.7 Å². The van der Waals surface area contributed by atoms with Gasteiger partial charge in [0.05, 0.1) is 17.2 Å². The van der Waals surface area contributed by atoms with E-state index in [1.807, 2.05) is 0 Å². The molecule has 1 saturated carbocycles. The third kappa shape index (κ3) is 4.72. The fraction of sp³-hybridized carbons (Fsp3) is 0.350. The minimum atomic E-state index is -4.70. The molecule has 174 valence electrons. The fourth-order valence-electron chi connectivity index (χ4n) is 3.72. The Labute approximate surface area is 184 Å². The second-order valence-corrected chi connectivity index (χ2v) is 7.64. The van der Waals surface area contributed by atoms with Crippen molar-refractivity contribution in [3.8, 4) is 0 Å². The van der Waals surface area contributed by atoms with Gasteiger partial charge in [-0.2, -0.15) is 27.6 Å². The van der Waals surface area contributed by atoms with Crippen LogP contribution in [0.3, 0.4) is 0 Å². The third-order valence-corrected chi connectivity index (χ3v) is 5.25. The first-order chi connectivity index (χ1) is 15.6. The minimum absolute atomic E-state index is 0.0655. The first-order valence-corrected chi connectivity index (χ1v) is 10.0. The number of halogens is 3. The number of aliphatic hydroxyl groups is 1. The van der Waals surface area contributed by atoms with Crippen LogP contribution in [0, 0.1) is 0 Å². The van der Waals surface area contributed by atoms with Gasteiger partial charge in [-0.3, -0.25) is 9.78 Å². The lowest BCUT2D eigenvalue weighted by atomic mass is 9.93. The number of rotatable bonds is 4. The summed E-state index contributed by atoms with van der Waals surface area (Å²) in [6.07, 6.45) is -2.19. The number of alkyl halides is 3. The molecule has 4 rings (SSSR count). The Bertz CT molecular complexity index is 1180. The minimum Gasteiger partial charge on any atom is -0.464 e. The summed E-state index contributed by atoms with van der Waals surface area (Å²) < 4.78 is 41.5. The Morgan fingerprint density at radius 1 is 1.24 bits per heavy atom. The van der Waals surface area contributed by atoms with Gasteiger partial charge in [-0.15, -0.1) is 5.10 Å². The molecule has 2 amide bonds. The number of hydrogen-bond acceptors (Lipinski definition) is 7. The molecule has 0 radical (unpaired) electrons. The number of carboxylic acid groups (broad SMARTS) is 1. The van der Waals surface area contributed by atoms with Crippen LogP contribution in [0.5, 0.6) is 0 Å². The number of nitrogens with one attached hydrogen (secondary N) is 1. The molecule has 3 heterocycles. The Morgan fingerprint density at radius 3 is 2.67 bits per heavy atom. The molecule has 10 nitrogen and oxygen atoms in total. The molecule has 0 aromatic carbocycles. The van der Waals surface area contributed by atoms with Gasteiger partial charge in [0.2, 0.25) is 0 Å². The SMILES string of the molecule is O=C(O)N(C(=O)c1cccnc1)c1nc2cc(C(F)(F)F)cc(NC3CCCC(O)C3)n2n1. The highest BCUT2D eigenvalue weighted by molar-refractivity contribution is 6.17. The number of nitrogens with zero attached hydrogens (tertiary/aromatic N) is 5. The number of carbonyl (C=O) groups is 2. The van der Waals surface area contributed by atoms with Crippen molar-refractivity contribution in [2.45, 2.75) is 44.0 Å². The van der Waals surface area contributed by atoms with E-state index >= 15 is 0 Å². The molecule has 0 aliphatic heterocycles. The molecule has 0 saturated heterocycles. The van der Waals surface area contributed by atoms with Crippen LogP contribution in [0.15, 0.2) is 36.7 Å². The number of aromatic nitrogens is 4. The van der Waals surface area contributed by atoms with Gasteiger partial charge in [0, 0.05) is 18.4 Å². The monoisotopic (exact) mass is 464 g/mol. The summed E-state index contributed by atoms with van der Waals surface area (Å²) in [6.45, 7) is 0. The predicted octanol–water partition coefficient (Wildman–Crippen LogP) is 3.18. The highest BCUT2D eigenvalue weighted by Gasteiger charge is 2.34. The van der Waals surface area contributed by atoms with Gasteiger partial charge in [-0.25, -0.2) is 4.79 Å². The normalized spacial score (nSPS) is 18.8. The van der Waals surface area contributed by atoms with E-state index in [9.17, 15) is 33.0 Å². The Morgan fingerprint density at radius 2 is 2.03 bits per heavy atom. The van der Waals surface area contributed by atoms with Gasteiger partial charge in [0.1, 0.15) is 5.82 Å². The summed E-state index contributed by atoms with van der Waals surface area (Å²) in [7, 11) is 0. The molecular weight excluding hydrogens is 445 g/mol. The van der Waals surface area contributed by atoms with Gasteiger partial charge in [-0.05, 0) is 49.9 Å². The van der Waals surface area contributed by atoms with Crippen molar-refractivity contribution in [1.82, 2.24) is 19.6 Å². The molecule has 0 bridgehead atoms. The molecule has 1 fully saturated rings. The van der Waals surface area contributed by atoms with Crippen LogP contribution in [0.25, 0.3) is 5.65 Å². The van der Waals surface area contributed by atoms with Crippen molar-refractivity contribution in [3.63, 3.8) is 0 Å². The van der Waals surface area contributed by atoms with Crippen LogP contribution < -0.4 is 10.2 Å². The molecule has 1 aliphatic rings. The molecule has 0 spiro atoms. The van der Waals surface area contributed by atoms with Crippen LogP contribution in [0.1, 0.15) is 41.6 Å². The van der Waals surface area contributed by atoms with E-state index in [4.69, 9.17) is 0 Å². The van der Waals surface area contributed by atoms with Crippen LogP contribution in [-0.4, -0.2) is 53.9 Å². The summed E-state index contributed by atoms with van der Waals surface area (Å²) in [5.74, 6) is -1.70. The number of carbonyl (C=O) groups excluding carboxylic acids is 1. The van der Waals surface area contributed by atoms with Crippen LogP contribution in [-0.2, 0) is 6.18 Å². The highest BCUT2D eigenvalue weighted by Crippen LogP contribution is 2.33. The lowest BCUT2D eigenvalue weighted by Crippen LogP contribution is -2.36. The number of aliphatic hydroxyl groups excluding tert-OH is 1. The van der Waals surface area contributed by atoms with Crippen LogP contribution in [0.4, 0.5) is 29.7 Å². The van der Waals surface area contributed by atoms with Crippen molar-refractivity contribution >= 4 is 29.4 Å².